The third-order valence-corrected chi connectivity index (χ3v) is 2.03. The molecule has 2 aromatic rings. The summed E-state index contributed by atoms with van der Waals surface area (Å²) in [7, 11) is 0. The normalized spacial score (nSPS) is 9.79. The van der Waals surface area contributed by atoms with Gasteiger partial charge in [-0.15, -0.1) is 5.06 Å². The van der Waals surface area contributed by atoms with Crippen LogP contribution >= 0.6 is 0 Å². The molecule has 0 aliphatic carbocycles. The standard InChI is InChI=1S/C12H11NO/c14-13(11-7-3-1-4-8-11)12-9-5-2-6-10-12/h1-10,14H/p+1. The Hall–Kier alpha value is -1.80. The van der Waals surface area contributed by atoms with Crippen molar-refractivity contribution >= 4 is 11.4 Å². The van der Waals surface area contributed by atoms with Crippen LogP contribution in [0.1, 0.15) is 0 Å². The third-order valence-electron chi connectivity index (χ3n) is 2.03. The van der Waals surface area contributed by atoms with Crippen molar-refractivity contribution in [1.82, 2.24) is 0 Å². The Morgan fingerprint density at radius 1 is 0.643 bits per heavy atom. The quantitative estimate of drug-likeness (QED) is 0.522. The van der Waals surface area contributed by atoms with Gasteiger partial charge in [0.05, 0.1) is 0 Å². The van der Waals surface area contributed by atoms with Gasteiger partial charge in [0.1, 0.15) is 11.4 Å². The molecule has 0 unspecified atom stereocenters. The molecular weight excluding hydrogens is 174 g/mol. The lowest BCUT2D eigenvalue weighted by atomic mass is 10.2. The predicted octanol–water partition coefficient (Wildman–Crippen LogP) is 2.46. The molecule has 0 aliphatic heterocycles. The summed E-state index contributed by atoms with van der Waals surface area (Å²) < 4.78 is 0. The minimum Gasteiger partial charge on any atom is -0.306 e. The fraction of sp³-hybridized carbons (Fsp3) is 0. The van der Waals surface area contributed by atoms with Crippen LogP contribution in [0.2, 0.25) is 0 Å². The molecule has 0 radical (unpaired) electrons. The van der Waals surface area contributed by atoms with E-state index in [2.05, 4.69) is 0 Å². The molecule has 0 aliphatic rings. The molecule has 0 atom stereocenters. The molecule has 0 amide bonds. The average Bonchev–Trinajstić information content (AvgIpc) is 2.30. The van der Waals surface area contributed by atoms with Gasteiger partial charge >= 0.3 is 0 Å². The van der Waals surface area contributed by atoms with Crippen molar-refractivity contribution in [1.29, 1.82) is 0 Å². The SMILES string of the molecule is [OH2+]N(c1ccccc1)c1ccccc1. The van der Waals surface area contributed by atoms with Gasteiger partial charge in [0, 0.05) is 0 Å². The van der Waals surface area contributed by atoms with Crippen molar-refractivity contribution in [3.05, 3.63) is 60.7 Å². The maximum absolute atomic E-state index is 7.89. The van der Waals surface area contributed by atoms with Crippen LogP contribution in [0.25, 0.3) is 0 Å². The van der Waals surface area contributed by atoms with Gasteiger partial charge in [-0.2, -0.15) is 0 Å². The Bertz CT molecular complexity index is 346. The highest BCUT2D eigenvalue weighted by atomic mass is 16.5. The molecule has 0 spiro atoms. The maximum atomic E-state index is 7.89. The van der Waals surface area contributed by atoms with Crippen LogP contribution in [-0.4, -0.2) is 5.21 Å². The molecule has 0 heterocycles. The lowest BCUT2D eigenvalue weighted by Gasteiger charge is -2.11. The summed E-state index contributed by atoms with van der Waals surface area (Å²) in [5.41, 5.74) is 1.75. The summed E-state index contributed by atoms with van der Waals surface area (Å²) in [4.78, 5) is 0. The Morgan fingerprint density at radius 3 is 1.36 bits per heavy atom. The van der Waals surface area contributed by atoms with E-state index in [4.69, 9.17) is 5.21 Å². The first-order valence-electron chi connectivity index (χ1n) is 4.49. The first kappa shape index (κ1) is 8.78. The van der Waals surface area contributed by atoms with E-state index >= 15 is 0 Å². The van der Waals surface area contributed by atoms with Gasteiger partial charge in [-0.1, -0.05) is 36.4 Å². The van der Waals surface area contributed by atoms with Crippen molar-refractivity contribution < 1.29 is 5.21 Å². The molecule has 14 heavy (non-hydrogen) atoms. The highest BCUT2D eigenvalue weighted by Crippen LogP contribution is 2.21. The zero-order valence-electron chi connectivity index (χ0n) is 7.72. The number of para-hydroxylation sites is 2. The van der Waals surface area contributed by atoms with Gasteiger partial charge in [0.2, 0.25) is 0 Å². The summed E-state index contributed by atoms with van der Waals surface area (Å²) in [6.45, 7) is 0. The van der Waals surface area contributed by atoms with Crippen molar-refractivity contribution in [3.8, 4) is 0 Å². The first-order valence-corrected chi connectivity index (χ1v) is 4.49. The van der Waals surface area contributed by atoms with Crippen molar-refractivity contribution in [2.45, 2.75) is 0 Å². The second kappa shape index (κ2) is 3.94. The number of hydrogen-bond acceptors (Lipinski definition) is 1. The molecule has 2 aromatic carbocycles. The minimum absolute atomic E-state index is 0.874. The van der Waals surface area contributed by atoms with Gasteiger partial charge in [0.25, 0.3) is 0 Å². The average molecular weight is 186 g/mol. The number of anilines is 2. The van der Waals surface area contributed by atoms with Crippen LogP contribution < -0.4 is 5.06 Å². The predicted molar refractivity (Wildman–Crippen MR) is 58.6 cm³/mol. The number of hydrogen-bond donors (Lipinski definition) is 0. The summed E-state index contributed by atoms with van der Waals surface area (Å²) in [6.07, 6.45) is 0. The molecular formula is C12H12NO+. The topological polar surface area (TPSA) is 26.1 Å². The van der Waals surface area contributed by atoms with Crippen molar-refractivity contribution in [2.24, 2.45) is 0 Å². The summed E-state index contributed by atoms with van der Waals surface area (Å²) in [6, 6.07) is 19.3. The molecule has 0 saturated heterocycles. The Labute approximate surface area is 83.0 Å². The molecule has 0 saturated carbocycles. The van der Waals surface area contributed by atoms with E-state index in [0.717, 1.165) is 11.4 Å². The van der Waals surface area contributed by atoms with Gasteiger partial charge in [0.15, 0.2) is 0 Å². The fourth-order valence-corrected chi connectivity index (χ4v) is 1.30. The van der Waals surface area contributed by atoms with E-state index in [-0.39, 0.29) is 0 Å². The smallest absolute Gasteiger partial charge is 0.114 e. The molecule has 2 nitrogen and oxygen atoms in total. The van der Waals surface area contributed by atoms with Crippen LogP contribution in [0.4, 0.5) is 11.4 Å². The lowest BCUT2D eigenvalue weighted by molar-refractivity contribution is 0.301. The molecule has 2 heteroatoms. The highest BCUT2D eigenvalue weighted by molar-refractivity contribution is 5.59. The zero-order chi connectivity index (χ0) is 9.80. The first-order chi connectivity index (χ1) is 6.88. The van der Waals surface area contributed by atoms with Crippen LogP contribution in [0.5, 0.6) is 0 Å². The second-order valence-electron chi connectivity index (χ2n) is 3.01. The summed E-state index contributed by atoms with van der Waals surface area (Å²) in [5, 5.41) is 9.30. The van der Waals surface area contributed by atoms with E-state index in [9.17, 15) is 0 Å². The van der Waals surface area contributed by atoms with E-state index in [1.807, 2.05) is 60.7 Å². The van der Waals surface area contributed by atoms with Gasteiger partial charge in [-0.05, 0) is 24.3 Å². The second-order valence-corrected chi connectivity index (χ2v) is 3.01. The number of benzene rings is 2. The van der Waals surface area contributed by atoms with Gasteiger partial charge < -0.3 is 5.21 Å². The Kier molecular flexibility index (Phi) is 2.47. The van der Waals surface area contributed by atoms with Crippen LogP contribution in [-0.2, 0) is 0 Å². The maximum Gasteiger partial charge on any atom is 0.114 e. The summed E-state index contributed by atoms with van der Waals surface area (Å²) in [5.74, 6) is 0. The number of rotatable bonds is 2. The third kappa shape index (κ3) is 1.75. The monoisotopic (exact) mass is 186 g/mol. The Morgan fingerprint density at radius 2 is 1.00 bits per heavy atom. The molecule has 70 valence electrons. The zero-order valence-corrected chi connectivity index (χ0v) is 7.72. The Balaban J connectivity index is 2.30. The molecule has 0 aromatic heterocycles. The van der Waals surface area contributed by atoms with E-state index in [1.165, 1.54) is 5.06 Å². The molecule has 0 fully saturated rings. The van der Waals surface area contributed by atoms with E-state index in [1.54, 1.807) is 0 Å². The van der Waals surface area contributed by atoms with Gasteiger partial charge in [-0.25, -0.2) is 0 Å². The molecule has 2 rings (SSSR count). The van der Waals surface area contributed by atoms with E-state index in [0.29, 0.717) is 0 Å². The minimum atomic E-state index is 0.874. The largest absolute Gasteiger partial charge is 0.306 e. The molecule has 2 N–H and O–H groups in total. The van der Waals surface area contributed by atoms with Crippen molar-refractivity contribution in [3.63, 3.8) is 0 Å². The lowest BCUT2D eigenvalue weighted by Crippen LogP contribution is -2.09. The highest BCUT2D eigenvalue weighted by Gasteiger charge is 2.07. The number of nitrogens with zero attached hydrogens (tertiary/aromatic N) is 1. The van der Waals surface area contributed by atoms with Crippen LogP contribution in [0.15, 0.2) is 60.7 Å². The van der Waals surface area contributed by atoms with Crippen LogP contribution in [0, 0.1) is 0 Å². The molecule has 0 bridgehead atoms. The van der Waals surface area contributed by atoms with Crippen molar-refractivity contribution in [2.75, 3.05) is 5.06 Å². The van der Waals surface area contributed by atoms with Gasteiger partial charge in [-0.3, -0.25) is 0 Å². The summed E-state index contributed by atoms with van der Waals surface area (Å²) >= 11 is 0. The fourth-order valence-electron chi connectivity index (χ4n) is 1.30. The van der Waals surface area contributed by atoms with Crippen LogP contribution in [0.3, 0.4) is 0 Å². The van der Waals surface area contributed by atoms with E-state index < -0.39 is 0 Å².